The normalized spacial score (nSPS) is 10.8. The van der Waals surface area contributed by atoms with Gasteiger partial charge in [-0.2, -0.15) is 0 Å². The van der Waals surface area contributed by atoms with Crippen molar-refractivity contribution in [2.24, 2.45) is 0 Å². The number of nitrogens with zero attached hydrogens (tertiary/aromatic N) is 1. The van der Waals surface area contributed by atoms with Gasteiger partial charge in [0, 0.05) is 13.1 Å². The number of hydrogen-bond donors (Lipinski definition) is 2. The second-order valence-corrected chi connectivity index (χ2v) is 6.24. The van der Waals surface area contributed by atoms with Crippen molar-refractivity contribution in [3.05, 3.63) is 35.9 Å². The third-order valence-electron chi connectivity index (χ3n) is 2.83. The van der Waals surface area contributed by atoms with Crippen molar-refractivity contribution in [3.63, 3.8) is 0 Å². The molecule has 1 aromatic rings. The highest BCUT2D eigenvalue weighted by atomic mass is 16.6. The van der Waals surface area contributed by atoms with Crippen LogP contribution in [-0.4, -0.2) is 53.4 Å². The summed E-state index contributed by atoms with van der Waals surface area (Å²) in [4.78, 5) is 35.7. The van der Waals surface area contributed by atoms with E-state index in [0.29, 0.717) is 0 Å². The monoisotopic (exact) mass is 352 g/mol. The van der Waals surface area contributed by atoms with Crippen LogP contribution in [0.2, 0.25) is 0 Å². The summed E-state index contributed by atoms with van der Waals surface area (Å²) in [6.45, 7) is 4.81. The molecule has 0 heterocycles. The molecule has 25 heavy (non-hydrogen) atoms. The van der Waals surface area contributed by atoms with Crippen LogP contribution in [-0.2, 0) is 20.9 Å². The van der Waals surface area contributed by atoms with E-state index in [1.165, 1.54) is 0 Å². The van der Waals surface area contributed by atoms with Gasteiger partial charge in [-0.15, -0.1) is 0 Å². The predicted molar refractivity (Wildman–Crippen MR) is 90.1 cm³/mol. The zero-order valence-corrected chi connectivity index (χ0v) is 14.7. The van der Waals surface area contributed by atoms with E-state index in [-0.39, 0.29) is 26.2 Å². The Morgan fingerprint density at radius 2 is 1.76 bits per heavy atom. The number of rotatable bonds is 7. The largest absolute Gasteiger partial charge is 0.480 e. The number of carbonyl (C=O) groups excluding carboxylic acids is 2. The average Bonchev–Trinajstić information content (AvgIpc) is 2.51. The molecule has 8 nitrogen and oxygen atoms in total. The van der Waals surface area contributed by atoms with Crippen molar-refractivity contribution in [2.45, 2.75) is 33.0 Å². The molecular weight excluding hydrogens is 328 g/mol. The number of aliphatic carboxylic acids is 1. The lowest BCUT2D eigenvalue weighted by molar-refractivity contribution is -0.135. The lowest BCUT2D eigenvalue weighted by Crippen LogP contribution is -2.44. The van der Waals surface area contributed by atoms with Gasteiger partial charge in [-0.3, -0.25) is 4.79 Å². The van der Waals surface area contributed by atoms with Crippen molar-refractivity contribution < 1.29 is 29.0 Å². The fraction of sp³-hybridized carbons (Fsp3) is 0.471. The molecule has 0 radical (unpaired) electrons. The van der Waals surface area contributed by atoms with Gasteiger partial charge >= 0.3 is 18.2 Å². The number of hydrogen-bond acceptors (Lipinski definition) is 6. The van der Waals surface area contributed by atoms with E-state index in [4.69, 9.17) is 14.6 Å². The first-order valence-corrected chi connectivity index (χ1v) is 7.83. The van der Waals surface area contributed by atoms with Gasteiger partial charge in [0.2, 0.25) is 0 Å². The smallest absolute Gasteiger partial charge is 0.419 e. The average molecular weight is 352 g/mol. The maximum absolute atomic E-state index is 12.2. The quantitative estimate of drug-likeness (QED) is 0.725. The van der Waals surface area contributed by atoms with Crippen LogP contribution in [0.25, 0.3) is 0 Å². The number of amides is 2. The molecular formula is C17H24N2O6. The van der Waals surface area contributed by atoms with Crippen LogP contribution in [0.4, 0.5) is 9.59 Å². The molecule has 0 unspecified atom stereocenters. The van der Waals surface area contributed by atoms with Crippen LogP contribution in [0.3, 0.4) is 0 Å². The van der Waals surface area contributed by atoms with Crippen LogP contribution in [0.5, 0.6) is 0 Å². The lowest BCUT2D eigenvalue weighted by atomic mass is 10.2. The van der Waals surface area contributed by atoms with Gasteiger partial charge in [0.05, 0.1) is 6.54 Å². The van der Waals surface area contributed by atoms with E-state index >= 15 is 0 Å². The fourth-order valence-corrected chi connectivity index (χ4v) is 1.76. The van der Waals surface area contributed by atoms with Gasteiger partial charge < -0.3 is 19.9 Å². The minimum absolute atomic E-state index is 0.0154. The predicted octanol–water partition coefficient (Wildman–Crippen LogP) is 2.23. The SMILES string of the molecule is CC(C)(C)OC(=O)N(CCNCC(=O)O)C(=O)OCc1ccccc1. The van der Waals surface area contributed by atoms with Crippen molar-refractivity contribution in [1.29, 1.82) is 0 Å². The number of benzene rings is 1. The number of imide groups is 1. The maximum Gasteiger partial charge on any atom is 0.419 e. The number of carboxylic acid groups (broad SMARTS) is 1. The van der Waals surface area contributed by atoms with E-state index in [9.17, 15) is 14.4 Å². The van der Waals surface area contributed by atoms with Crippen LogP contribution in [0.1, 0.15) is 26.3 Å². The summed E-state index contributed by atoms with van der Waals surface area (Å²) in [6, 6.07) is 9.04. The third kappa shape index (κ3) is 8.71. The van der Waals surface area contributed by atoms with Crippen molar-refractivity contribution >= 4 is 18.2 Å². The summed E-state index contributed by atoms with van der Waals surface area (Å²) in [5.74, 6) is -1.03. The standard InChI is InChI=1S/C17H24N2O6/c1-17(2,3)25-16(23)19(10-9-18-11-14(20)21)15(22)24-12-13-7-5-4-6-8-13/h4-8,18H,9-12H2,1-3H3,(H,20,21). The molecule has 0 fully saturated rings. The van der Waals surface area contributed by atoms with Crippen LogP contribution in [0, 0.1) is 0 Å². The van der Waals surface area contributed by atoms with Crippen LogP contribution < -0.4 is 5.32 Å². The molecule has 138 valence electrons. The zero-order valence-electron chi connectivity index (χ0n) is 14.7. The van der Waals surface area contributed by atoms with Gasteiger partial charge in [0.1, 0.15) is 12.2 Å². The third-order valence-corrected chi connectivity index (χ3v) is 2.83. The van der Waals surface area contributed by atoms with Gasteiger partial charge in [-0.05, 0) is 26.3 Å². The molecule has 1 rings (SSSR count). The van der Waals surface area contributed by atoms with E-state index in [2.05, 4.69) is 5.32 Å². The van der Waals surface area contributed by atoms with E-state index < -0.39 is 23.8 Å². The highest BCUT2D eigenvalue weighted by Crippen LogP contribution is 2.11. The molecule has 0 bridgehead atoms. The van der Waals surface area contributed by atoms with Gasteiger partial charge in [-0.1, -0.05) is 30.3 Å². The second kappa shape index (κ2) is 9.63. The van der Waals surface area contributed by atoms with E-state index in [1.807, 2.05) is 18.2 Å². The van der Waals surface area contributed by atoms with Crippen molar-refractivity contribution in [1.82, 2.24) is 10.2 Å². The second-order valence-electron chi connectivity index (χ2n) is 6.24. The van der Waals surface area contributed by atoms with Crippen molar-refractivity contribution in [2.75, 3.05) is 19.6 Å². The fourth-order valence-electron chi connectivity index (χ4n) is 1.76. The van der Waals surface area contributed by atoms with Crippen LogP contribution in [0.15, 0.2) is 30.3 Å². The number of carbonyl (C=O) groups is 3. The van der Waals surface area contributed by atoms with Gasteiger partial charge in [-0.25, -0.2) is 14.5 Å². The lowest BCUT2D eigenvalue weighted by Gasteiger charge is -2.25. The molecule has 2 N–H and O–H groups in total. The summed E-state index contributed by atoms with van der Waals surface area (Å²) < 4.78 is 10.3. The Balaban J connectivity index is 2.65. The molecule has 0 aliphatic carbocycles. The zero-order chi connectivity index (χ0) is 18.9. The Hall–Kier alpha value is -2.61. The highest BCUT2D eigenvalue weighted by Gasteiger charge is 2.28. The Morgan fingerprint density at radius 1 is 1.12 bits per heavy atom. The van der Waals surface area contributed by atoms with Crippen LogP contribution >= 0.6 is 0 Å². The summed E-state index contributed by atoms with van der Waals surface area (Å²) in [6.07, 6.45) is -1.70. The first-order chi connectivity index (χ1) is 11.7. The first kappa shape index (κ1) is 20.4. The molecule has 8 heteroatoms. The van der Waals surface area contributed by atoms with E-state index in [0.717, 1.165) is 10.5 Å². The number of carboxylic acids is 1. The Labute approximate surface area is 146 Å². The molecule has 0 aliphatic rings. The van der Waals surface area contributed by atoms with Gasteiger partial charge in [0.25, 0.3) is 0 Å². The molecule has 0 atom stereocenters. The Morgan fingerprint density at radius 3 is 2.32 bits per heavy atom. The highest BCUT2D eigenvalue weighted by molar-refractivity contribution is 5.88. The topological polar surface area (TPSA) is 105 Å². The first-order valence-electron chi connectivity index (χ1n) is 7.83. The maximum atomic E-state index is 12.2. The minimum Gasteiger partial charge on any atom is -0.480 e. The minimum atomic E-state index is -1.03. The summed E-state index contributed by atoms with van der Waals surface area (Å²) >= 11 is 0. The Bertz CT molecular complexity index is 583. The molecule has 0 spiro atoms. The number of nitrogens with one attached hydrogen (secondary N) is 1. The summed E-state index contributed by atoms with van der Waals surface area (Å²) in [5.41, 5.74) is 0.00720. The molecule has 1 aromatic carbocycles. The van der Waals surface area contributed by atoms with E-state index in [1.54, 1.807) is 32.9 Å². The molecule has 0 saturated carbocycles. The molecule has 0 aromatic heterocycles. The molecule has 2 amide bonds. The number of ether oxygens (including phenoxy) is 2. The summed E-state index contributed by atoms with van der Waals surface area (Å²) in [5, 5.41) is 11.2. The van der Waals surface area contributed by atoms with Crippen molar-refractivity contribution in [3.8, 4) is 0 Å². The Kier molecular flexibility index (Phi) is 7.87. The molecule has 0 saturated heterocycles. The molecule has 0 aliphatic heterocycles. The van der Waals surface area contributed by atoms with Gasteiger partial charge in [0.15, 0.2) is 0 Å². The summed E-state index contributed by atoms with van der Waals surface area (Å²) in [7, 11) is 0.